The first-order valence-electron chi connectivity index (χ1n) is 6.46. The molecular weight excluding hydrogens is 214 g/mol. The average Bonchev–Trinajstić information content (AvgIpc) is 2.64. The highest BCUT2D eigenvalue weighted by Crippen LogP contribution is 2.39. The molecule has 1 atom stereocenters. The molecule has 1 aromatic heterocycles. The molecule has 4 heteroatoms. The van der Waals surface area contributed by atoms with Crippen LogP contribution in [-0.4, -0.2) is 34.8 Å². The third kappa shape index (κ3) is 2.38. The maximum Gasteiger partial charge on any atom is 0.110 e. The number of hydrogen-bond acceptors (Lipinski definition) is 3. The summed E-state index contributed by atoms with van der Waals surface area (Å²) in [6.45, 7) is 3.12. The number of likely N-dealkylation sites (N-methyl/N-ethyl adjacent to an activating group) is 1. The SMILES string of the molecule is CCNC(Cc1nccn1C)C1(OC)CCC1. The molecule has 0 bridgehead atoms. The Balaban J connectivity index is 2.09. The molecule has 1 fully saturated rings. The zero-order valence-corrected chi connectivity index (χ0v) is 11.1. The number of aromatic nitrogens is 2. The Morgan fingerprint density at radius 1 is 1.59 bits per heavy atom. The van der Waals surface area contributed by atoms with Crippen molar-refractivity contribution in [1.82, 2.24) is 14.9 Å². The number of nitrogens with one attached hydrogen (secondary N) is 1. The van der Waals surface area contributed by atoms with Gasteiger partial charge in [0.05, 0.1) is 5.60 Å². The van der Waals surface area contributed by atoms with Gasteiger partial charge in [0.1, 0.15) is 5.82 Å². The molecule has 1 heterocycles. The molecule has 1 unspecified atom stereocenters. The Hall–Kier alpha value is -0.870. The highest BCUT2D eigenvalue weighted by molar-refractivity contribution is 5.05. The second kappa shape index (κ2) is 5.19. The van der Waals surface area contributed by atoms with Gasteiger partial charge in [0.25, 0.3) is 0 Å². The van der Waals surface area contributed by atoms with Crippen molar-refractivity contribution < 1.29 is 4.74 Å². The Morgan fingerprint density at radius 3 is 2.76 bits per heavy atom. The molecule has 1 aromatic rings. The van der Waals surface area contributed by atoms with E-state index in [9.17, 15) is 0 Å². The first kappa shape index (κ1) is 12.6. The standard InChI is InChI=1S/C13H23N3O/c1-4-14-11(13(17-3)6-5-7-13)10-12-15-8-9-16(12)2/h8-9,11,14H,4-7,10H2,1-3H3. The van der Waals surface area contributed by atoms with Crippen molar-refractivity contribution in [2.75, 3.05) is 13.7 Å². The minimum Gasteiger partial charge on any atom is -0.377 e. The Morgan fingerprint density at radius 2 is 2.35 bits per heavy atom. The lowest BCUT2D eigenvalue weighted by molar-refractivity contribution is -0.0982. The lowest BCUT2D eigenvalue weighted by atomic mass is 9.73. The summed E-state index contributed by atoms with van der Waals surface area (Å²) in [4.78, 5) is 4.41. The number of ether oxygens (including phenoxy) is 1. The zero-order valence-electron chi connectivity index (χ0n) is 11.1. The van der Waals surface area contributed by atoms with E-state index in [2.05, 4.69) is 21.8 Å². The van der Waals surface area contributed by atoms with Gasteiger partial charge in [-0.3, -0.25) is 0 Å². The maximum absolute atomic E-state index is 5.78. The van der Waals surface area contributed by atoms with E-state index in [0.717, 1.165) is 31.6 Å². The van der Waals surface area contributed by atoms with E-state index in [0.29, 0.717) is 6.04 Å². The van der Waals surface area contributed by atoms with Crippen LogP contribution in [0.1, 0.15) is 32.0 Å². The van der Waals surface area contributed by atoms with Gasteiger partial charge in [-0.1, -0.05) is 6.92 Å². The van der Waals surface area contributed by atoms with Gasteiger partial charge in [-0.05, 0) is 25.8 Å². The molecule has 1 saturated carbocycles. The summed E-state index contributed by atoms with van der Waals surface area (Å²) in [7, 11) is 3.88. The summed E-state index contributed by atoms with van der Waals surface area (Å²) in [6, 6.07) is 0.368. The monoisotopic (exact) mass is 237 g/mol. The van der Waals surface area contributed by atoms with E-state index < -0.39 is 0 Å². The second-order valence-electron chi connectivity index (χ2n) is 4.89. The summed E-state index contributed by atoms with van der Waals surface area (Å²) in [5, 5.41) is 3.56. The number of hydrogen-bond donors (Lipinski definition) is 1. The van der Waals surface area contributed by atoms with Crippen molar-refractivity contribution in [2.45, 2.75) is 44.2 Å². The Kier molecular flexibility index (Phi) is 3.84. The molecule has 1 N–H and O–H groups in total. The van der Waals surface area contributed by atoms with E-state index in [-0.39, 0.29) is 5.60 Å². The Bertz CT molecular complexity index is 352. The second-order valence-corrected chi connectivity index (χ2v) is 4.89. The quantitative estimate of drug-likeness (QED) is 0.815. The molecule has 1 aliphatic rings. The highest BCUT2D eigenvalue weighted by Gasteiger charge is 2.44. The van der Waals surface area contributed by atoms with Gasteiger partial charge in [0.15, 0.2) is 0 Å². The van der Waals surface area contributed by atoms with Gasteiger partial charge in [-0.2, -0.15) is 0 Å². The van der Waals surface area contributed by atoms with E-state index in [4.69, 9.17) is 4.74 Å². The van der Waals surface area contributed by atoms with Gasteiger partial charge in [0.2, 0.25) is 0 Å². The van der Waals surface area contributed by atoms with Gasteiger partial charge >= 0.3 is 0 Å². The first-order valence-corrected chi connectivity index (χ1v) is 6.46. The molecule has 2 rings (SSSR count). The zero-order chi connectivity index (χ0) is 12.3. The van der Waals surface area contributed by atoms with Crippen LogP contribution >= 0.6 is 0 Å². The summed E-state index contributed by atoms with van der Waals surface area (Å²) in [6.07, 6.45) is 8.38. The fraction of sp³-hybridized carbons (Fsp3) is 0.769. The van der Waals surface area contributed by atoms with Crippen molar-refractivity contribution >= 4 is 0 Å². The van der Waals surface area contributed by atoms with Gasteiger partial charge in [-0.15, -0.1) is 0 Å². The van der Waals surface area contributed by atoms with Crippen LogP contribution in [0.5, 0.6) is 0 Å². The van der Waals surface area contributed by atoms with Crippen LogP contribution in [0.3, 0.4) is 0 Å². The third-order valence-electron chi connectivity index (χ3n) is 4.00. The van der Waals surface area contributed by atoms with Crippen molar-refractivity contribution in [1.29, 1.82) is 0 Å². The number of imidazole rings is 1. The van der Waals surface area contributed by atoms with Crippen LogP contribution in [0.4, 0.5) is 0 Å². The summed E-state index contributed by atoms with van der Waals surface area (Å²) < 4.78 is 7.87. The topological polar surface area (TPSA) is 39.1 Å². The normalized spacial score (nSPS) is 19.9. The molecule has 17 heavy (non-hydrogen) atoms. The van der Waals surface area contributed by atoms with Gasteiger partial charge < -0.3 is 14.6 Å². The van der Waals surface area contributed by atoms with E-state index in [1.807, 2.05) is 26.6 Å². The summed E-state index contributed by atoms with van der Waals surface area (Å²) in [5.74, 6) is 1.12. The molecule has 0 spiro atoms. The van der Waals surface area contributed by atoms with Crippen LogP contribution in [-0.2, 0) is 18.2 Å². The summed E-state index contributed by atoms with van der Waals surface area (Å²) in [5.41, 5.74) is 0.0297. The minimum atomic E-state index is 0.0297. The van der Waals surface area contributed by atoms with Crippen LogP contribution in [0, 0.1) is 0 Å². The summed E-state index contributed by atoms with van der Waals surface area (Å²) >= 11 is 0. The molecule has 4 nitrogen and oxygen atoms in total. The molecule has 0 aromatic carbocycles. The van der Waals surface area contributed by atoms with Gasteiger partial charge in [-0.25, -0.2) is 4.98 Å². The van der Waals surface area contributed by atoms with E-state index in [1.54, 1.807) is 0 Å². The predicted octanol–water partition coefficient (Wildman–Crippen LogP) is 1.51. The van der Waals surface area contributed by atoms with Crippen LogP contribution in [0.25, 0.3) is 0 Å². The minimum absolute atomic E-state index is 0.0297. The lowest BCUT2D eigenvalue weighted by Crippen LogP contribution is -2.57. The predicted molar refractivity (Wildman–Crippen MR) is 68.0 cm³/mol. The third-order valence-corrected chi connectivity index (χ3v) is 4.00. The number of nitrogens with zero attached hydrogens (tertiary/aromatic N) is 2. The molecule has 0 saturated heterocycles. The Labute approximate surface area is 103 Å². The van der Waals surface area contributed by atoms with Crippen LogP contribution in [0.15, 0.2) is 12.4 Å². The molecule has 0 amide bonds. The largest absolute Gasteiger partial charge is 0.377 e. The van der Waals surface area contributed by atoms with Crippen LogP contribution in [0.2, 0.25) is 0 Å². The van der Waals surface area contributed by atoms with Gasteiger partial charge in [0, 0.05) is 39.0 Å². The molecular formula is C13H23N3O. The van der Waals surface area contributed by atoms with Crippen molar-refractivity contribution in [3.8, 4) is 0 Å². The molecule has 1 aliphatic carbocycles. The van der Waals surface area contributed by atoms with Crippen molar-refractivity contribution in [2.24, 2.45) is 7.05 Å². The number of aryl methyl sites for hydroxylation is 1. The van der Waals surface area contributed by atoms with Crippen molar-refractivity contribution in [3.05, 3.63) is 18.2 Å². The molecule has 0 aliphatic heterocycles. The molecule has 96 valence electrons. The van der Waals surface area contributed by atoms with E-state index in [1.165, 1.54) is 6.42 Å². The fourth-order valence-corrected chi connectivity index (χ4v) is 2.69. The first-order chi connectivity index (χ1) is 8.22. The highest BCUT2D eigenvalue weighted by atomic mass is 16.5. The lowest BCUT2D eigenvalue weighted by Gasteiger charge is -2.46. The fourth-order valence-electron chi connectivity index (χ4n) is 2.69. The average molecular weight is 237 g/mol. The van der Waals surface area contributed by atoms with Crippen LogP contribution < -0.4 is 5.32 Å². The number of methoxy groups -OCH3 is 1. The van der Waals surface area contributed by atoms with Crippen molar-refractivity contribution in [3.63, 3.8) is 0 Å². The number of rotatable bonds is 6. The smallest absolute Gasteiger partial charge is 0.110 e. The van der Waals surface area contributed by atoms with E-state index >= 15 is 0 Å². The maximum atomic E-state index is 5.78. The molecule has 0 radical (unpaired) electrons.